The van der Waals surface area contributed by atoms with Crippen LogP contribution in [-0.2, 0) is 9.59 Å². The van der Waals surface area contributed by atoms with Gasteiger partial charge >= 0.3 is 12.1 Å². The van der Waals surface area contributed by atoms with Crippen molar-refractivity contribution in [3.8, 4) is 5.75 Å². The maximum atomic E-state index is 12.4. The summed E-state index contributed by atoms with van der Waals surface area (Å²) in [6.07, 6.45) is -2.46. The highest BCUT2D eigenvalue weighted by molar-refractivity contribution is 6.40. The SMILES string of the molecule is CCC(=O)NC1N=C(C(=O)O)C=CN1C(C)c1cccc(OCC(F)(F)F)c1. The van der Waals surface area contributed by atoms with Crippen molar-refractivity contribution in [2.45, 2.75) is 38.8 Å². The zero-order chi connectivity index (χ0) is 20.9. The number of nitrogens with one attached hydrogen (secondary N) is 1. The minimum absolute atomic E-state index is 0.0477. The van der Waals surface area contributed by atoms with Crippen LogP contribution >= 0.6 is 0 Å². The Bertz CT molecular complexity index is 793. The summed E-state index contributed by atoms with van der Waals surface area (Å²) in [6.45, 7) is 1.99. The van der Waals surface area contributed by atoms with Gasteiger partial charge in [-0.05, 0) is 30.7 Å². The molecule has 28 heavy (non-hydrogen) atoms. The second-order valence-corrected chi connectivity index (χ2v) is 6.03. The van der Waals surface area contributed by atoms with Crippen LogP contribution in [0.3, 0.4) is 0 Å². The summed E-state index contributed by atoms with van der Waals surface area (Å²) in [5.74, 6) is -1.51. The van der Waals surface area contributed by atoms with Crippen molar-refractivity contribution >= 4 is 17.6 Å². The highest BCUT2D eigenvalue weighted by Gasteiger charge is 2.29. The lowest BCUT2D eigenvalue weighted by Gasteiger charge is -2.36. The molecule has 152 valence electrons. The number of amides is 1. The van der Waals surface area contributed by atoms with E-state index in [1.54, 1.807) is 30.9 Å². The number of alkyl halides is 3. The predicted octanol–water partition coefficient (Wildman–Crippen LogP) is 2.85. The third-order valence-electron chi connectivity index (χ3n) is 3.97. The van der Waals surface area contributed by atoms with Crippen molar-refractivity contribution < 1.29 is 32.6 Å². The van der Waals surface area contributed by atoms with E-state index >= 15 is 0 Å². The van der Waals surface area contributed by atoms with E-state index in [0.29, 0.717) is 5.56 Å². The lowest BCUT2D eigenvalue weighted by Crippen LogP contribution is -2.47. The number of halogens is 3. The highest BCUT2D eigenvalue weighted by atomic mass is 19.4. The van der Waals surface area contributed by atoms with Gasteiger partial charge in [-0.3, -0.25) is 4.79 Å². The van der Waals surface area contributed by atoms with E-state index in [1.807, 2.05) is 0 Å². The molecule has 2 unspecified atom stereocenters. The lowest BCUT2D eigenvalue weighted by molar-refractivity contribution is -0.153. The smallest absolute Gasteiger partial charge is 0.422 e. The molecule has 7 nitrogen and oxygen atoms in total. The first kappa shape index (κ1) is 21.3. The Balaban J connectivity index is 2.23. The molecule has 1 aliphatic rings. The second-order valence-electron chi connectivity index (χ2n) is 6.03. The molecule has 2 N–H and O–H groups in total. The van der Waals surface area contributed by atoms with Crippen LogP contribution in [0.15, 0.2) is 41.5 Å². The molecule has 0 saturated heterocycles. The monoisotopic (exact) mass is 399 g/mol. The van der Waals surface area contributed by atoms with Gasteiger partial charge in [0.1, 0.15) is 11.5 Å². The minimum Gasteiger partial charge on any atom is -0.484 e. The molecular weight excluding hydrogens is 379 g/mol. The molecule has 1 amide bonds. The van der Waals surface area contributed by atoms with Crippen LogP contribution in [0.2, 0.25) is 0 Å². The molecular formula is C18H20F3N3O4. The average molecular weight is 399 g/mol. The van der Waals surface area contributed by atoms with Crippen LogP contribution in [0.25, 0.3) is 0 Å². The van der Waals surface area contributed by atoms with Gasteiger partial charge in [0.15, 0.2) is 12.9 Å². The summed E-state index contributed by atoms with van der Waals surface area (Å²) in [4.78, 5) is 28.6. The molecule has 2 rings (SSSR count). The van der Waals surface area contributed by atoms with Gasteiger partial charge in [0.05, 0.1) is 6.04 Å². The number of carbonyl (C=O) groups is 2. The number of rotatable bonds is 7. The zero-order valence-electron chi connectivity index (χ0n) is 15.2. The van der Waals surface area contributed by atoms with Crippen LogP contribution in [-0.4, -0.2) is 46.7 Å². The molecule has 0 saturated carbocycles. The van der Waals surface area contributed by atoms with Crippen LogP contribution in [0.1, 0.15) is 31.9 Å². The van der Waals surface area contributed by atoms with Crippen molar-refractivity contribution in [1.82, 2.24) is 10.2 Å². The van der Waals surface area contributed by atoms with E-state index in [0.717, 1.165) is 0 Å². The topological polar surface area (TPSA) is 91.2 Å². The zero-order valence-corrected chi connectivity index (χ0v) is 15.2. The van der Waals surface area contributed by atoms with Crippen molar-refractivity contribution in [3.05, 3.63) is 42.1 Å². The molecule has 1 aliphatic heterocycles. The van der Waals surface area contributed by atoms with Crippen LogP contribution < -0.4 is 10.1 Å². The van der Waals surface area contributed by atoms with Crippen molar-refractivity contribution in [2.24, 2.45) is 4.99 Å². The fraction of sp³-hybridized carbons (Fsp3) is 0.389. The van der Waals surface area contributed by atoms with Crippen molar-refractivity contribution in [2.75, 3.05) is 6.61 Å². The Morgan fingerprint density at radius 1 is 1.39 bits per heavy atom. The molecule has 1 heterocycles. The number of ether oxygens (including phenoxy) is 1. The van der Waals surface area contributed by atoms with E-state index in [2.05, 4.69) is 10.3 Å². The Hall–Kier alpha value is -3.04. The first-order valence-electron chi connectivity index (χ1n) is 8.46. The predicted molar refractivity (Wildman–Crippen MR) is 94.7 cm³/mol. The van der Waals surface area contributed by atoms with Gasteiger partial charge in [0, 0.05) is 12.6 Å². The van der Waals surface area contributed by atoms with E-state index in [1.165, 1.54) is 24.4 Å². The Labute approximate surface area is 159 Å². The summed E-state index contributed by atoms with van der Waals surface area (Å²) in [7, 11) is 0. The summed E-state index contributed by atoms with van der Waals surface area (Å²) in [5, 5.41) is 11.7. The number of carboxylic acids is 1. The summed E-state index contributed by atoms with van der Waals surface area (Å²) >= 11 is 0. The Morgan fingerprint density at radius 2 is 2.11 bits per heavy atom. The molecule has 1 aromatic rings. The van der Waals surface area contributed by atoms with Gasteiger partial charge in [0.25, 0.3) is 0 Å². The Kier molecular flexibility index (Phi) is 6.66. The van der Waals surface area contributed by atoms with Gasteiger partial charge < -0.3 is 20.1 Å². The number of carbonyl (C=O) groups excluding carboxylic acids is 1. The summed E-state index contributed by atoms with van der Waals surface area (Å²) in [5.41, 5.74) is 0.390. The van der Waals surface area contributed by atoms with Crippen LogP contribution in [0, 0.1) is 0 Å². The van der Waals surface area contributed by atoms with Gasteiger partial charge in [-0.15, -0.1) is 0 Å². The first-order valence-corrected chi connectivity index (χ1v) is 8.46. The number of aliphatic carboxylic acids is 1. The van der Waals surface area contributed by atoms with E-state index < -0.39 is 31.1 Å². The van der Waals surface area contributed by atoms with Gasteiger partial charge in [-0.1, -0.05) is 19.1 Å². The summed E-state index contributed by atoms with van der Waals surface area (Å²) < 4.78 is 41.8. The quantitative estimate of drug-likeness (QED) is 0.736. The standard InChI is InChI=1S/C18H20F3N3O4/c1-3-15(25)23-17-22-14(16(26)27)7-8-24(17)11(2)12-5-4-6-13(9-12)28-10-18(19,20)21/h4-9,11,17H,3,10H2,1-2H3,(H,23,25)(H,26,27). The van der Waals surface area contributed by atoms with Crippen molar-refractivity contribution in [1.29, 1.82) is 0 Å². The minimum atomic E-state index is -4.45. The van der Waals surface area contributed by atoms with Gasteiger partial charge in [0.2, 0.25) is 5.91 Å². The maximum absolute atomic E-state index is 12.4. The molecule has 10 heteroatoms. The molecule has 0 aromatic heterocycles. The van der Waals surface area contributed by atoms with Gasteiger partial charge in [-0.25, -0.2) is 9.79 Å². The number of hydrogen-bond acceptors (Lipinski definition) is 5. The first-order chi connectivity index (χ1) is 13.1. The molecule has 1 aromatic carbocycles. The van der Waals surface area contributed by atoms with E-state index in [-0.39, 0.29) is 23.8 Å². The number of hydrogen-bond donors (Lipinski definition) is 2. The molecule has 0 radical (unpaired) electrons. The number of carboxylic acid groups (broad SMARTS) is 1. The van der Waals surface area contributed by atoms with E-state index in [4.69, 9.17) is 9.84 Å². The molecule has 0 aliphatic carbocycles. The third-order valence-corrected chi connectivity index (χ3v) is 3.97. The Morgan fingerprint density at radius 3 is 2.71 bits per heavy atom. The van der Waals surface area contributed by atoms with Crippen LogP contribution in [0.5, 0.6) is 5.75 Å². The fourth-order valence-corrected chi connectivity index (χ4v) is 2.50. The molecule has 0 bridgehead atoms. The third kappa shape index (κ3) is 5.73. The number of benzene rings is 1. The number of aliphatic imine (C=N–C) groups is 1. The summed E-state index contributed by atoms with van der Waals surface area (Å²) in [6, 6.07) is 5.67. The normalized spacial score (nSPS) is 17.7. The second kappa shape index (κ2) is 8.77. The lowest BCUT2D eigenvalue weighted by atomic mass is 10.1. The molecule has 2 atom stereocenters. The fourth-order valence-electron chi connectivity index (χ4n) is 2.50. The average Bonchev–Trinajstić information content (AvgIpc) is 2.65. The highest BCUT2D eigenvalue weighted by Crippen LogP contribution is 2.28. The van der Waals surface area contributed by atoms with Crippen molar-refractivity contribution in [3.63, 3.8) is 0 Å². The maximum Gasteiger partial charge on any atom is 0.422 e. The van der Waals surface area contributed by atoms with Crippen LogP contribution in [0.4, 0.5) is 13.2 Å². The largest absolute Gasteiger partial charge is 0.484 e. The van der Waals surface area contributed by atoms with Gasteiger partial charge in [-0.2, -0.15) is 13.2 Å². The number of nitrogens with zero attached hydrogens (tertiary/aromatic N) is 2. The molecule has 0 fully saturated rings. The van der Waals surface area contributed by atoms with E-state index in [9.17, 15) is 22.8 Å². The molecule has 0 spiro atoms.